The number of hydrogen-bond acceptors (Lipinski definition) is 4. The lowest BCUT2D eigenvalue weighted by Crippen LogP contribution is -2.31. The molecule has 1 heterocycles. The molecular weight excluding hydrogens is 324 g/mol. The number of halogens is 1. The first-order valence-corrected chi connectivity index (χ1v) is 7.86. The topological polar surface area (TPSA) is 55.6 Å². The van der Waals surface area contributed by atoms with E-state index in [0.29, 0.717) is 16.9 Å². The van der Waals surface area contributed by atoms with Gasteiger partial charge in [-0.15, -0.1) is 0 Å². The summed E-state index contributed by atoms with van der Waals surface area (Å²) in [5, 5.41) is 11.8. The number of anilines is 1. The lowest BCUT2D eigenvalue weighted by Gasteiger charge is -2.28. The van der Waals surface area contributed by atoms with Gasteiger partial charge in [0, 0.05) is 31.6 Å². The molecule has 110 valence electrons. The van der Waals surface area contributed by atoms with Crippen LogP contribution in [0.25, 0.3) is 0 Å². The molecule has 0 bridgehead atoms. The summed E-state index contributed by atoms with van der Waals surface area (Å²) < 4.78 is 5.47. The molecule has 0 amide bonds. The molecule has 1 aromatic carbocycles. The highest BCUT2D eigenvalue weighted by Crippen LogP contribution is 2.30. The molecule has 1 unspecified atom stereocenters. The summed E-state index contributed by atoms with van der Waals surface area (Å²) in [5.41, 5.74) is 1.75. The van der Waals surface area contributed by atoms with Crippen LogP contribution >= 0.6 is 15.9 Å². The van der Waals surface area contributed by atoms with Gasteiger partial charge in [0.15, 0.2) is 0 Å². The molecule has 1 fully saturated rings. The van der Waals surface area contributed by atoms with Crippen LogP contribution in [-0.2, 0) is 10.1 Å². The van der Waals surface area contributed by atoms with Crippen LogP contribution in [0.4, 0.5) is 11.4 Å². The molecule has 0 aliphatic carbocycles. The Hall–Kier alpha value is -1.14. The molecular formula is C14H19BrN2O3. The number of ether oxygens (including phenoxy) is 1. The van der Waals surface area contributed by atoms with Gasteiger partial charge < -0.3 is 9.64 Å². The Bertz CT molecular complexity index is 475. The number of hydrogen-bond donors (Lipinski definition) is 0. The number of nitrogens with zero attached hydrogens (tertiary/aromatic N) is 2. The summed E-state index contributed by atoms with van der Waals surface area (Å²) in [5.74, 6) is 0.448. The summed E-state index contributed by atoms with van der Waals surface area (Å²) >= 11 is 3.33. The maximum absolute atomic E-state index is 11.2. The molecule has 0 aromatic heterocycles. The van der Waals surface area contributed by atoms with Gasteiger partial charge in [-0.3, -0.25) is 10.1 Å². The van der Waals surface area contributed by atoms with Crippen LogP contribution in [-0.4, -0.2) is 31.7 Å². The summed E-state index contributed by atoms with van der Waals surface area (Å²) in [6.45, 7) is 2.37. The van der Waals surface area contributed by atoms with Gasteiger partial charge in [-0.1, -0.05) is 22.0 Å². The van der Waals surface area contributed by atoms with Crippen molar-refractivity contribution < 1.29 is 9.66 Å². The fourth-order valence-electron chi connectivity index (χ4n) is 2.56. The molecule has 2 rings (SSSR count). The van der Waals surface area contributed by atoms with Gasteiger partial charge in [-0.05, 0) is 30.4 Å². The van der Waals surface area contributed by atoms with Gasteiger partial charge in [-0.25, -0.2) is 0 Å². The zero-order valence-electron chi connectivity index (χ0n) is 11.5. The first-order chi connectivity index (χ1) is 9.61. The van der Waals surface area contributed by atoms with E-state index >= 15 is 0 Å². The van der Waals surface area contributed by atoms with E-state index in [1.54, 1.807) is 6.07 Å². The fraction of sp³-hybridized carbons (Fsp3) is 0.571. The van der Waals surface area contributed by atoms with E-state index in [2.05, 4.69) is 15.9 Å². The third-order valence-corrected chi connectivity index (χ3v) is 4.24. The molecule has 1 saturated heterocycles. The first kappa shape index (κ1) is 15.3. The van der Waals surface area contributed by atoms with Crippen molar-refractivity contribution in [3.8, 4) is 0 Å². The summed E-state index contributed by atoms with van der Waals surface area (Å²) in [4.78, 5) is 12.9. The van der Waals surface area contributed by atoms with Crippen LogP contribution in [0.1, 0.15) is 18.4 Å². The zero-order chi connectivity index (χ0) is 14.5. The molecule has 1 aliphatic heterocycles. The molecule has 1 aromatic rings. The second-order valence-electron chi connectivity index (χ2n) is 5.18. The third kappa shape index (κ3) is 3.70. The van der Waals surface area contributed by atoms with E-state index < -0.39 is 0 Å². The van der Waals surface area contributed by atoms with E-state index in [0.717, 1.165) is 38.2 Å². The Kier molecular flexibility index (Phi) is 5.37. The Morgan fingerprint density at radius 2 is 2.35 bits per heavy atom. The van der Waals surface area contributed by atoms with Crippen molar-refractivity contribution in [2.24, 2.45) is 5.92 Å². The zero-order valence-corrected chi connectivity index (χ0v) is 13.1. The lowest BCUT2D eigenvalue weighted by atomic mass is 10.0. The van der Waals surface area contributed by atoms with Crippen molar-refractivity contribution >= 4 is 27.3 Å². The predicted octanol–water partition coefficient (Wildman–Crippen LogP) is 3.35. The van der Waals surface area contributed by atoms with Crippen molar-refractivity contribution in [3.63, 3.8) is 0 Å². The third-order valence-electron chi connectivity index (χ3n) is 3.59. The minimum absolute atomic E-state index is 0.168. The number of nitro benzene ring substituents is 1. The van der Waals surface area contributed by atoms with E-state index in [1.807, 2.05) is 24.1 Å². The Morgan fingerprint density at radius 3 is 2.95 bits per heavy atom. The van der Waals surface area contributed by atoms with E-state index in [9.17, 15) is 10.1 Å². The minimum atomic E-state index is -0.310. The smallest absolute Gasteiger partial charge is 0.292 e. The van der Waals surface area contributed by atoms with E-state index in [1.165, 1.54) is 0 Å². The van der Waals surface area contributed by atoms with E-state index in [4.69, 9.17) is 4.74 Å². The standard InChI is InChI=1S/C14H19BrN2O3/c1-16(9-12-3-2-6-20-10-12)13-5-4-11(8-15)7-14(13)17(18)19/h4-5,7,12H,2-3,6,8-10H2,1H3. The van der Waals surface area contributed by atoms with Crippen molar-refractivity contribution in [1.29, 1.82) is 0 Å². The van der Waals surface area contributed by atoms with Crippen LogP contribution < -0.4 is 4.90 Å². The summed E-state index contributed by atoms with van der Waals surface area (Å²) in [6, 6.07) is 5.39. The molecule has 0 saturated carbocycles. The number of benzene rings is 1. The molecule has 5 nitrogen and oxygen atoms in total. The number of rotatable bonds is 5. The molecule has 1 atom stereocenters. The van der Waals surface area contributed by atoms with Gasteiger partial charge in [0.2, 0.25) is 0 Å². The molecule has 0 spiro atoms. The van der Waals surface area contributed by atoms with Crippen LogP contribution in [0.2, 0.25) is 0 Å². The predicted molar refractivity (Wildman–Crippen MR) is 82.5 cm³/mol. The van der Waals surface area contributed by atoms with Gasteiger partial charge in [0.25, 0.3) is 5.69 Å². The highest BCUT2D eigenvalue weighted by Gasteiger charge is 2.21. The molecule has 20 heavy (non-hydrogen) atoms. The largest absolute Gasteiger partial charge is 0.381 e. The second-order valence-corrected chi connectivity index (χ2v) is 5.74. The van der Waals surface area contributed by atoms with Crippen molar-refractivity contribution in [1.82, 2.24) is 0 Å². The highest BCUT2D eigenvalue weighted by atomic mass is 79.9. The fourth-order valence-corrected chi connectivity index (χ4v) is 2.91. The van der Waals surface area contributed by atoms with Gasteiger partial charge >= 0.3 is 0 Å². The van der Waals surface area contributed by atoms with Crippen LogP contribution in [0, 0.1) is 16.0 Å². The first-order valence-electron chi connectivity index (χ1n) is 6.74. The van der Waals surface area contributed by atoms with Crippen molar-refractivity contribution in [2.75, 3.05) is 31.7 Å². The van der Waals surface area contributed by atoms with Crippen LogP contribution in [0.15, 0.2) is 18.2 Å². The molecule has 0 radical (unpaired) electrons. The summed E-state index contributed by atoms with van der Waals surface area (Å²) in [6.07, 6.45) is 2.20. The van der Waals surface area contributed by atoms with Crippen LogP contribution in [0.3, 0.4) is 0 Å². The van der Waals surface area contributed by atoms with Crippen LogP contribution in [0.5, 0.6) is 0 Å². The number of nitro groups is 1. The quantitative estimate of drug-likeness (QED) is 0.467. The van der Waals surface area contributed by atoms with Crippen molar-refractivity contribution in [3.05, 3.63) is 33.9 Å². The highest BCUT2D eigenvalue weighted by molar-refractivity contribution is 9.08. The normalized spacial score (nSPS) is 18.8. The lowest BCUT2D eigenvalue weighted by molar-refractivity contribution is -0.384. The van der Waals surface area contributed by atoms with Gasteiger partial charge in [0.1, 0.15) is 5.69 Å². The Morgan fingerprint density at radius 1 is 1.55 bits per heavy atom. The minimum Gasteiger partial charge on any atom is -0.381 e. The summed E-state index contributed by atoms with van der Waals surface area (Å²) in [7, 11) is 1.91. The Balaban J connectivity index is 2.15. The number of alkyl halides is 1. The maximum Gasteiger partial charge on any atom is 0.292 e. The average Bonchev–Trinajstić information content (AvgIpc) is 2.47. The molecule has 0 N–H and O–H groups in total. The maximum atomic E-state index is 11.2. The average molecular weight is 343 g/mol. The van der Waals surface area contributed by atoms with E-state index in [-0.39, 0.29) is 10.6 Å². The Labute approximate surface area is 127 Å². The van der Waals surface area contributed by atoms with Gasteiger partial charge in [0.05, 0.1) is 11.5 Å². The SMILES string of the molecule is CN(CC1CCCOC1)c1ccc(CBr)cc1[N+](=O)[O-]. The monoisotopic (exact) mass is 342 g/mol. The molecule has 6 heteroatoms. The van der Waals surface area contributed by atoms with Crippen molar-refractivity contribution in [2.45, 2.75) is 18.2 Å². The van der Waals surface area contributed by atoms with Gasteiger partial charge in [-0.2, -0.15) is 0 Å². The second kappa shape index (κ2) is 7.04. The molecule has 1 aliphatic rings.